The molecule has 1 aliphatic heterocycles. The summed E-state index contributed by atoms with van der Waals surface area (Å²) in [6.07, 6.45) is 0.985. The zero-order chi connectivity index (χ0) is 14.6. The number of rotatable bonds is 0. The summed E-state index contributed by atoms with van der Waals surface area (Å²) in [5.74, 6) is 0.178. The van der Waals surface area contributed by atoms with Crippen LogP contribution in [0.2, 0.25) is 0 Å². The molecule has 0 aromatic heterocycles. The molecule has 0 atom stereocenters. The first-order chi connectivity index (χ1) is 8.88. The van der Waals surface area contributed by atoms with Crippen molar-refractivity contribution >= 4 is 5.91 Å². The first kappa shape index (κ1) is 15.7. The van der Waals surface area contributed by atoms with E-state index in [9.17, 15) is 4.79 Å². The van der Waals surface area contributed by atoms with Crippen molar-refractivity contribution in [2.75, 3.05) is 6.54 Å². The molecule has 2 rings (SSSR count). The lowest BCUT2D eigenvalue weighted by atomic mass is 9.84. The number of fused-ring (bicyclic) bond motifs is 1. The maximum absolute atomic E-state index is 11.4. The fourth-order valence-corrected chi connectivity index (χ4v) is 2.29. The molecular weight excluding hydrogens is 234 g/mol. The van der Waals surface area contributed by atoms with Gasteiger partial charge >= 0.3 is 0 Å². The molecule has 0 aliphatic carbocycles. The van der Waals surface area contributed by atoms with Crippen molar-refractivity contribution in [2.24, 2.45) is 0 Å². The summed E-state index contributed by atoms with van der Waals surface area (Å²) < 4.78 is 0. The molecule has 0 saturated carbocycles. The molecular formula is C17H27NO. The number of nitrogens with zero attached hydrogens (tertiary/aromatic N) is 1. The molecule has 1 amide bonds. The monoisotopic (exact) mass is 261 g/mol. The van der Waals surface area contributed by atoms with Crippen LogP contribution in [0.5, 0.6) is 0 Å². The minimum absolute atomic E-state index is 0.174. The highest BCUT2D eigenvalue weighted by molar-refractivity contribution is 5.73. The van der Waals surface area contributed by atoms with Gasteiger partial charge in [-0.05, 0) is 28.5 Å². The van der Waals surface area contributed by atoms with E-state index in [1.165, 1.54) is 16.7 Å². The molecule has 0 bridgehead atoms. The molecule has 1 aromatic carbocycles. The van der Waals surface area contributed by atoms with Gasteiger partial charge in [-0.2, -0.15) is 0 Å². The van der Waals surface area contributed by atoms with Crippen molar-refractivity contribution in [2.45, 2.75) is 59.9 Å². The van der Waals surface area contributed by atoms with Crippen molar-refractivity contribution in [3.63, 3.8) is 0 Å². The summed E-state index contributed by atoms with van der Waals surface area (Å²) in [4.78, 5) is 13.3. The van der Waals surface area contributed by atoms with Crippen molar-refractivity contribution < 1.29 is 4.79 Å². The molecule has 0 radical (unpaired) electrons. The minimum atomic E-state index is 0.174. The van der Waals surface area contributed by atoms with Crippen LogP contribution in [0.25, 0.3) is 0 Å². The van der Waals surface area contributed by atoms with Crippen LogP contribution in [-0.2, 0) is 23.2 Å². The van der Waals surface area contributed by atoms with Crippen molar-refractivity contribution in [3.8, 4) is 0 Å². The minimum Gasteiger partial charge on any atom is -0.338 e. The Balaban J connectivity index is 0.000000861. The highest BCUT2D eigenvalue weighted by Crippen LogP contribution is 2.27. The van der Waals surface area contributed by atoms with Crippen LogP contribution < -0.4 is 0 Å². The van der Waals surface area contributed by atoms with E-state index in [4.69, 9.17) is 0 Å². The quantitative estimate of drug-likeness (QED) is 0.693. The zero-order valence-electron chi connectivity index (χ0n) is 13.2. The summed E-state index contributed by atoms with van der Waals surface area (Å²) in [6.45, 7) is 13.9. The third-order valence-corrected chi connectivity index (χ3v) is 3.53. The normalized spacial score (nSPS) is 14.3. The lowest BCUT2D eigenvalue weighted by Gasteiger charge is -2.30. The second-order valence-electron chi connectivity index (χ2n) is 5.92. The molecule has 2 nitrogen and oxygen atoms in total. The van der Waals surface area contributed by atoms with Gasteiger partial charge < -0.3 is 4.90 Å². The summed E-state index contributed by atoms with van der Waals surface area (Å²) >= 11 is 0. The van der Waals surface area contributed by atoms with Crippen LogP contribution in [0.1, 0.15) is 58.2 Å². The Labute approximate surface area is 117 Å². The average molecular weight is 261 g/mol. The number of carbonyl (C=O) groups excluding carboxylic acids is 1. The summed E-state index contributed by atoms with van der Waals surface area (Å²) in [5, 5.41) is 0. The third kappa shape index (κ3) is 3.82. The van der Waals surface area contributed by atoms with Gasteiger partial charge in [0.15, 0.2) is 0 Å². The molecule has 2 heteroatoms. The highest BCUT2D eigenvalue weighted by atomic mass is 16.2. The Bertz CT molecular complexity index is 443. The van der Waals surface area contributed by atoms with Gasteiger partial charge in [0, 0.05) is 20.0 Å². The Morgan fingerprint density at radius 2 is 1.79 bits per heavy atom. The number of carbonyl (C=O) groups is 1. The lowest BCUT2D eigenvalue weighted by Crippen LogP contribution is -2.34. The molecule has 19 heavy (non-hydrogen) atoms. The first-order valence-corrected chi connectivity index (χ1v) is 7.26. The van der Waals surface area contributed by atoms with Crippen molar-refractivity contribution in [3.05, 3.63) is 34.9 Å². The van der Waals surface area contributed by atoms with Gasteiger partial charge in [0.25, 0.3) is 0 Å². The summed E-state index contributed by atoms with van der Waals surface area (Å²) in [6, 6.07) is 6.72. The lowest BCUT2D eigenvalue weighted by molar-refractivity contribution is -0.129. The van der Waals surface area contributed by atoms with E-state index in [1.54, 1.807) is 6.92 Å². The van der Waals surface area contributed by atoms with Crippen LogP contribution in [0.3, 0.4) is 0 Å². The molecule has 0 saturated heterocycles. The van der Waals surface area contributed by atoms with Gasteiger partial charge in [0.1, 0.15) is 0 Å². The van der Waals surface area contributed by atoms with Crippen LogP contribution in [-0.4, -0.2) is 17.4 Å². The number of hydrogen-bond acceptors (Lipinski definition) is 1. The third-order valence-electron chi connectivity index (χ3n) is 3.53. The standard InChI is InChI=1S/C15H21NO.C2H6/c1-11(17)16-8-7-12-5-6-14(15(2,3)4)9-13(12)10-16;1-2/h5-6,9H,7-8,10H2,1-4H3;1-2H3. The van der Waals surface area contributed by atoms with Crippen LogP contribution in [0, 0.1) is 0 Å². The topological polar surface area (TPSA) is 20.3 Å². The average Bonchev–Trinajstić information content (AvgIpc) is 2.38. The first-order valence-electron chi connectivity index (χ1n) is 7.26. The number of amides is 1. The number of hydrogen-bond donors (Lipinski definition) is 0. The van der Waals surface area contributed by atoms with Crippen LogP contribution in [0.15, 0.2) is 18.2 Å². The molecule has 1 aromatic rings. The van der Waals surface area contributed by atoms with E-state index < -0.39 is 0 Å². The largest absolute Gasteiger partial charge is 0.338 e. The zero-order valence-corrected chi connectivity index (χ0v) is 13.2. The summed E-state index contributed by atoms with van der Waals surface area (Å²) in [7, 11) is 0. The Kier molecular flexibility index (Phi) is 5.16. The molecule has 1 aliphatic rings. The smallest absolute Gasteiger partial charge is 0.219 e. The van der Waals surface area contributed by atoms with Crippen LogP contribution >= 0.6 is 0 Å². The van der Waals surface area contributed by atoms with E-state index in [0.717, 1.165) is 19.5 Å². The van der Waals surface area contributed by atoms with E-state index in [1.807, 2.05) is 18.7 Å². The molecule has 106 valence electrons. The fraction of sp³-hybridized carbons (Fsp3) is 0.588. The molecule has 0 spiro atoms. The molecule has 0 unspecified atom stereocenters. The molecule has 0 fully saturated rings. The van der Waals surface area contributed by atoms with Gasteiger partial charge in [0.05, 0.1) is 0 Å². The van der Waals surface area contributed by atoms with Gasteiger partial charge in [-0.15, -0.1) is 0 Å². The van der Waals surface area contributed by atoms with Crippen LogP contribution in [0.4, 0.5) is 0 Å². The fourth-order valence-electron chi connectivity index (χ4n) is 2.29. The predicted octanol–water partition coefficient (Wildman–Crippen LogP) is 3.91. The predicted molar refractivity (Wildman–Crippen MR) is 81.3 cm³/mol. The molecule has 0 N–H and O–H groups in total. The second-order valence-corrected chi connectivity index (χ2v) is 5.92. The Hall–Kier alpha value is -1.31. The number of benzene rings is 1. The van der Waals surface area contributed by atoms with Gasteiger partial charge in [0.2, 0.25) is 5.91 Å². The van der Waals surface area contributed by atoms with E-state index in [0.29, 0.717) is 0 Å². The van der Waals surface area contributed by atoms with Crippen molar-refractivity contribution in [1.29, 1.82) is 0 Å². The second kappa shape index (κ2) is 6.23. The maximum Gasteiger partial charge on any atom is 0.219 e. The van der Waals surface area contributed by atoms with Gasteiger partial charge in [-0.1, -0.05) is 52.8 Å². The van der Waals surface area contributed by atoms with Gasteiger partial charge in [-0.25, -0.2) is 0 Å². The van der Waals surface area contributed by atoms with Crippen molar-refractivity contribution in [1.82, 2.24) is 4.90 Å². The Morgan fingerprint density at radius 3 is 2.32 bits per heavy atom. The highest BCUT2D eigenvalue weighted by Gasteiger charge is 2.21. The van der Waals surface area contributed by atoms with E-state index in [2.05, 4.69) is 39.0 Å². The van der Waals surface area contributed by atoms with Gasteiger partial charge in [-0.3, -0.25) is 4.79 Å². The summed E-state index contributed by atoms with van der Waals surface area (Å²) in [5.41, 5.74) is 4.24. The molecule has 1 heterocycles. The van der Waals surface area contributed by atoms with E-state index in [-0.39, 0.29) is 11.3 Å². The maximum atomic E-state index is 11.4. The Morgan fingerprint density at radius 1 is 1.16 bits per heavy atom. The van der Waals surface area contributed by atoms with E-state index >= 15 is 0 Å². The SMILES string of the molecule is CC.CC(=O)N1CCc2ccc(C(C)(C)C)cc2C1.